The van der Waals surface area contributed by atoms with Crippen molar-refractivity contribution in [2.45, 2.75) is 27.2 Å². The first-order chi connectivity index (χ1) is 5.74. The Morgan fingerprint density at radius 2 is 2.23 bits per heavy atom. The van der Waals surface area contributed by atoms with Gasteiger partial charge in [-0.3, -0.25) is 4.79 Å². The van der Waals surface area contributed by atoms with E-state index in [1.54, 1.807) is 7.11 Å². The fourth-order valence-corrected chi connectivity index (χ4v) is 1.08. The molecule has 0 aromatic rings. The van der Waals surface area contributed by atoms with Gasteiger partial charge in [0, 0.05) is 19.2 Å². The summed E-state index contributed by atoms with van der Waals surface area (Å²) in [5, 5.41) is 5.61. The van der Waals surface area contributed by atoms with Crippen molar-refractivity contribution in [1.29, 1.82) is 0 Å². The van der Waals surface area contributed by atoms with E-state index in [2.05, 4.69) is 5.10 Å². The van der Waals surface area contributed by atoms with Crippen LogP contribution in [-0.4, -0.2) is 36.9 Å². The highest BCUT2D eigenvalue weighted by molar-refractivity contribution is 5.91. The van der Waals surface area contributed by atoms with E-state index < -0.39 is 0 Å². The molecule has 1 rings (SSSR count). The van der Waals surface area contributed by atoms with Gasteiger partial charge in [0.1, 0.15) is 0 Å². The summed E-state index contributed by atoms with van der Waals surface area (Å²) in [6.07, 6.45) is 1.38. The van der Waals surface area contributed by atoms with Crippen LogP contribution in [0.4, 0.5) is 0 Å². The van der Waals surface area contributed by atoms with Gasteiger partial charge in [0.2, 0.25) is 5.91 Å². The van der Waals surface area contributed by atoms with E-state index in [0.717, 1.165) is 12.1 Å². The molecule has 0 radical (unpaired) electrons. The second-order valence-corrected chi connectivity index (χ2v) is 2.84. The van der Waals surface area contributed by atoms with Gasteiger partial charge in [0.25, 0.3) is 0 Å². The normalized spacial score (nSPS) is 16.6. The summed E-state index contributed by atoms with van der Waals surface area (Å²) in [4.78, 5) is 11.2. The second kappa shape index (κ2) is 5.70. The van der Waals surface area contributed by atoms with E-state index in [1.807, 2.05) is 6.92 Å². The molecule has 76 valence electrons. The van der Waals surface area contributed by atoms with Gasteiger partial charge in [-0.1, -0.05) is 7.43 Å². The minimum atomic E-state index is 0. The number of methoxy groups -OCH3 is 1. The molecular formula is C9H18N2O2. The number of amides is 1. The summed E-state index contributed by atoms with van der Waals surface area (Å²) < 4.78 is 4.86. The molecular weight excluding hydrogens is 168 g/mol. The first-order valence-corrected chi connectivity index (χ1v) is 4.07. The highest BCUT2D eigenvalue weighted by Gasteiger charge is 2.17. The molecule has 0 aromatic carbocycles. The zero-order valence-corrected chi connectivity index (χ0v) is 7.54. The maximum absolute atomic E-state index is 11.2. The van der Waals surface area contributed by atoms with E-state index >= 15 is 0 Å². The fraction of sp³-hybridized carbons (Fsp3) is 0.778. The van der Waals surface area contributed by atoms with Crippen molar-refractivity contribution < 1.29 is 9.53 Å². The molecule has 0 aliphatic carbocycles. The predicted octanol–water partition coefficient (Wildman–Crippen LogP) is 1.27. The molecule has 0 unspecified atom stereocenters. The maximum atomic E-state index is 11.2. The highest BCUT2D eigenvalue weighted by Crippen LogP contribution is 2.07. The van der Waals surface area contributed by atoms with Crippen LogP contribution in [0.1, 0.15) is 27.2 Å². The summed E-state index contributed by atoms with van der Waals surface area (Å²) in [6, 6.07) is 0. The lowest BCUT2D eigenvalue weighted by Gasteiger charge is -2.21. The summed E-state index contributed by atoms with van der Waals surface area (Å²) >= 11 is 0. The third-order valence-electron chi connectivity index (χ3n) is 1.79. The summed E-state index contributed by atoms with van der Waals surface area (Å²) in [5.74, 6) is 0.0950. The molecule has 1 heterocycles. The monoisotopic (exact) mass is 186 g/mol. The van der Waals surface area contributed by atoms with Crippen LogP contribution in [0.5, 0.6) is 0 Å². The molecule has 1 amide bonds. The number of hydrogen-bond acceptors (Lipinski definition) is 3. The van der Waals surface area contributed by atoms with Gasteiger partial charge < -0.3 is 4.74 Å². The second-order valence-electron chi connectivity index (χ2n) is 2.84. The first kappa shape index (κ1) is 12.1. The molecule has 13 heavy (non-hydrogen) atoms. The van der Waals surface area contributed by atoms with Gasteiger partial charge in [-0.2, -0.15) is 5.10 Å². The Balaban J connectivity index is 0.00000144. The van der Waals surface area contributed by atoms with Crippen LogP contribution in [0, 0.1) is 0 Å². The van der Waals surface area contributed by atoms with Crippen molar-refractivity contribution in [1.82, 2.24) is 5.01 Å². The number of rotatable bonds is 3. The van der Waals surface area contributed by atoms with Crippen LogP contribution in [0.25, 0.3) is 0 Å². The number of carbonyl (C=O) groups is 1. The maximum Gasteiger partial charge on any atom is 0.243 e. The Bertz CT molecular complexity index is 202. The van der Waals surface area contributed by atoms with Crippen LogP contribution in [-0.2, 0) is 9.53 Å². The number of ether oxygens (including phenoxy) is 1. The van der Waals surface area contributed by atoms with Crippen molar-refractivity contribution in [2.75, 3.05) is 20.3 Å². The Kier molecular flexibility index (Phi) is 5.30. The summed E-state index contributed by atoms with van der Waals surface area (Å²) in [5.41, 5.74) is 1.02. The molecule has 0 N–H and O–H groups in total. The van der Waals surface area contributed by atoms with Gasteiger partial charge in [0.05, 0.1) is 13.2 Å². The van der Waals surface area contributed by atoms with Crippen LogP contribution >= 0.6 is 0 Å². The zero-order valence-electron chi connectivity index (χ0n) is 7.54. The van der Waals surface area contributed by atoms with Gasteiger partial charge in [0.15, 0.2) is 0 Å². The van der Waals surface area contributed by atoms with Crippen molar-refractivity contribution in [3.8, 4) is 0 Å². The number of hydrazone groups is 1. The lowest BCUT2D eigenvalue weighted by molar-refractivity contribution is -0.132. The largest absolute Gasteiger partial charge is 0.383 e. The summed E-state index contributed by atoms with van der Waals surface area (Å²) in [7, 11) is 1.62. The third kappa shape index (κ3) is 3.55. The van der Waals surface area contributed by atoms with Gasteiger partial charge >= 0.3 is 0 Å². The molecule has 0 aromatic heterocycles. The zero-order chi connectivity index (χ0) is 8.97. The Labute approximate surface area is 79.6 Å². The van der Waals surface area contributed by atoms with E-state index in [4.69, 9.17) is 4.74 Å². The quantitative estimate of drug-likeness (QED) is 0.666. The van der Waals surface area contributed by atoms with Gasteiger partial charge in [-0.15, -0.1) is 0 Å². The Morgan fingerprint density at radius 1 is 1.54 bits per heavy atom. The van der Waals surface area contributed by atoms with Crippen LogP contribution in [0.3, 0.4) is 0 Å². The lowest BCUT2D eigenvalue weighted by atomic mass is 10.2. The van der Waals surface area contributed by atoms with E-state index in [-0.39, 0.29) is 13.3 Å². The predicted molar refractivity (Wildman–Crippen MR) is 52.7 cm³/mol. The molecule has 0 saturated carbocycles. The lowest BCUT2D eigenvalue weighted by Crippen LogP contribution is -2.33. The molecule has 0 bridgehead atoms. The first-order valence-electron chi connectivity index (χ1n) is 4.07. The van der Waals surface area contributed by atoms with Crippen molar-refractivity contribution in [2.24, 2.45) is 5.10 Å². The van der Waals surface area contributed by atoms with E-state index in [1.165, 1.54) is 5.01 Å². The van der Waals surface area contributed by atoms with Crippen molar-refractivity contribution in [3.05, 3.63) is 0 Å². The SMILES string of the molecule is C.COCCN1N=C(C)CCC1=O. The average molecular weight is 186 g/mol. The molecule has 1 aliphatic rings. The number of hydrogen-bond donors (Lipinski definition) is 0. The molecule has 4 heteroatoms. The standard InChI is InChI=1S/C8H14N2O2.CH4/c1-7-3-4-8(11)10(9-7)5-6-12-2;/h3-6H2,1-2H3;1H4. The van der Waals surface area contributed by atoms with E-state index in [0.29, 0.717) is 19.6 Å². The van der Waals surface area contributed by atoms with Crippen molar-refractivity contribution in [3.63, 3.8) is 0 Å². The summed E-state index contributed by atoms with van der Waals surface area (Å²) in [6.45, 7) is 3.04. The Hall–Kier alpha value is -0.900. The topological polar surface area (TPSA) is 41.9 Å². The number of carbonyl (C=O) groups excluding carboxylic acids is 1. The smallest absolute Gasteiger partial charge is 0.243 e. The molecule has 0 atom stereocenters. The minimum absolute atomic E-state index is 0. The molecule has 0 fully saturated rings. The fourth-order valence-electron chi connectivity index (χ4n) is 1.08. The average Bonchev–Trinajstić information content (AvgIpc) is 2.07. The van der Waals surface area contributed by atoms with E-state index in [9.17, 15) is 4.79 Å². The van der Waals surface area contributed by atoms with Crippen LogP contribution in [0.15, 0.2) is 5.10 Å². The van der Waals surface area contributed by atoms with Crippen LogP contribution < -0.4 is 0 Å². The van der Waals surface area contributed by atoms with Crippen LogP contribution in [0.2, 0.25) is 0 Å². The van der Waals surface area contributed by atoms with Gasteiger partial charge in [-0.05, 0) is 13.3 Å². The molecule has 4 nitrogen and oxygen atoms in total. The minimum Gasteiger partial charge on any atom is -0.383 e. The molecule has 1 aliphatic heterocycles. The molecule has 0 spiro atoms. The third-order valence-corrected chi connectivity index (χ3v) is 1.79. The van der Waals surface area contributed by atoms with Crippen molar-refractivity contribution >= 4 is 11.6 Å². The number of nitrogens with zero attached hydrogens (tertiary/aromatic N) is 2. The molecule has 0 saturated heterocycles. The van der Waals surface area contributed by atoms with Gasteiger partial charge in [-0.25, -0.2) is 5.01 Å². The highest BCUT2D eigenvalue weighted by atomic mass is 16.5. The Morgan fingerprint density at radius 3 is 2.85 bits per heavy atom.